The zero-order valence-electron chi connectivity index (χ0n) is 26.6. The third-order valence-electron chi connectivity index (χ3n) is 8.74. The van der Waals surface area contributed by atoms with E-state index in [0.29, 0.717) is 23.2 Å². The van der Waals surface area contributed by atoms with E-state index in [0.717, 1.165) is 44.7 Å². The summed E-state index contributed by atoms with van der Waals surface area (Å²) in [5.41, 5.74) is 12.6. The molecule has 0 bridgehead atoms. The Balaban J connectivity index is 1.40. The normalized spacial score (nSPS) is 11.5. The number of imidazole rings is 1. The van der Waals surface area contributed by atoms with Gasteiger partial charge in [0.15, 0.2) is 0 Å². The van der Waals surface area contributed by atoms with Crippen LogP contribution in [0.2, 0.25) is 0 Å². The van der Waals surface area contributed by atoms with Crippen molar-refractivity contribution in [2.75, 3.05) is 0 Å². The topological polar surface area (TPSA) is 50.9 Å². The van der Waals surface area contributed by atoms with Gasteiger partial charge in [-0.05, 0) is 94.3 Å². The second-order valence-electron chi connectivity index (χ2n) is 12.5. The summed E-state index contributed by atoms with van der Waals surface area (Å²) in [4.78, 5) is 10.1. The second kappa shape index (κ2) is 12.1. The van der Waals surface area contributed by atoms with E-state index < -0.39 is 0 Å². The molecular weight excluding hydrogens is 562 g/mol. The summed E-state index contributed by atoms with van der Waals surface area (Å²) in [5, 5.41) is 10.9. The molecule has 0 atom stereocenters. The van der Waals surface area contributed by atoms with Gasteiger partial charge in [-0.1, -0.05) is 100 Å². The number of aromatic hydroxyl groups is 1. The first-order chi connectivity index (χ1) is 22.4. The lowest BCUT2D eigenvalue weighted by atomic mass is 9.92. The van der Waals surface area contributed by atoms with Crippen molar-refractivity contribution in [1.82, 2.24) is 14.5 Å². The van der Waals surface area contributed by atoms with Crippen molar-refractivity contribution in [2.45, 2.75) is 39.5 Å². The first kappa shape index (κ1) is 29.2. The standard InChI is InChI=1S/C42H37N3O/c1-27(2)29-17-19-30(20-18-29)31-21-22-43-38(26-31)34-24-32(28(3)4)23-33(25-34)36-14-10-15-39-41(36)44-42(37-13-8-9-16-40(37)46)45(39)35-11-6-5-7-12-35/h5-28,46H,1-4H3. The fourth-order valence-electron chi connectivity index (χ4n) is 6.13. The summed E-state index contributed by atoms with van der Waals surface area (Å²) in [5.74, 6) is 1.72. The zero-order chi connectivity index (χ0) is 31.8. The molecular formula is C42H37N3O. The Morgan fingerprint density at radius 2 is 1.26 bits per heavy atom. The van der Waals surface area contributed by atoms with Gasteiger partial charge < -0.3 is 5.11 Å². The van der Waals surface area contributed by atoms with Crippen molar-refractivity contribution in [3.63, 3.8) is 0 Å². The average molecular weight is 600 g/mol. The molecule has 4 nitrogen and oxygen atoms in total. The van der Waals surface area contributed by atoms with E-state index in [1.165, 1.54) is 16.7 Å². The lowest BCUT2D eigenvalue weighted by molar-refractivity contribution is 0.477. The van der Waals surface area contributed by atoms with Gasteiger partial charge in [0.25, 0.3) is 0 Å². The van der Waals surface area contributed by atoms with E-state index in [4.69, 9.17) is 9.97 Å². The highest BCUT2D eigenvalue weighted by atomic mass is 16.3. The molecule has 2 heterocycles. The van der Waals surface area contributed by atoms with Crippen molar-refractivity contribution in [2.24, 2.45) is 0 Å². The third kappa shape index (κ3) is 5.48. The number of benzene rings is 5. The van der Waals surface area contributed by atoms with Crippen LogP contribution in [0.25, 0.3) is 61.6 Å². The van der Waals surface area contributed by atoms with Crippen LogP contribution in [0.5, 0.6) is 5.75 Å². The maximum atomic E-state index is 10.9. The average Bonchev–Trinajstić information content (AvgIpc) is 3.48. The highest BCUT2D eigenvalue weighted by molar-refractivity contribution is 5.96. The summed E-state index contributed by atoms with van der Waals surface area (Å²) in [6.45, 7) is 8.89. The Labute approximate surface area is 270 Å². The molecule has 0 aliphatic carbocycles. The smallest absolute Gasteiger partial charge is 0.149 e. The van der Waals surface area contributed by atoms with Gasteiger partial charge in [-0.2, -0.15) is 0 Å². The number of phenols is 1. The van der Waals surface area contributed by atoms with Crippen molar-refractivity contribution in [3.8, 4) is 56.3 Å². The molecule has 7 rings (SSSR count). The molecule has 0 radical (unpaired) electrons. The monoisotopic (exact) mass is 599 g/mol. The maximum Gasteiger partial charge on any atom is 0.149 e. The van der Waals surface area contributed by atoms with Gasteiger partial charge in [-0.15, -0.1) is 0 Å². The van der Waals surface area contributed by atoms with Crippen molar-refractivity contribution < 1.29 is 5.11 Å². The minimum atomic E-state index is 0.199. The third-order valence-corrected chi connectivity index (χ3v) is 8.74. The predicted molar refractivity (Wildman–Crippen MR) is 190 cm³/mol. The predicted octanol–water partition coefficient (Wildman–Crippen LogP) is 11.0. The maximum absolute atomic E-state index is 10.9. The van der Waals surface area contributed by atoms with Gasteiger partial charge in [-0.3, -0.25) is 9.55 Å². The SMILES string of the molecule is CC(C)c1ccc(-c2ccnc(-c3cc(-c4cccc5c4nc(-c4ccccc4O)n5-c4ccccc4)cc(C(C)C)c3)c2)cc1. The van der Waals surface area contributed by atoms with Crippen molar-refractivity contribution >= 4 is 11.0 Å². The number of pyridine rings is 1. The molecule has 0 fully saturated rings. The first-order valence-electron chi connectivity index (χ1n) is 15.9. The fraction of sp³-hybridized carbons (Fsp3) is 0.143. The van der Waals surface area contributed by atoms with E-state index in [-0.39, 0.29) is 5.75 Å². The quantitative estimate of drug-likeness (QED) is 0.198. The van der Waals surface area contributed by atoms with Crippen LogP contribution in [0, 0.1) is 0 Å². The van der Waals surface area contributed by atoms with Crippen LogP contribution in [0.1, 0.15) is 50.7 Å². The summed E-state index contributed by atoms with van der Waals surface area (Å²) in [7, 11) is 0. The number of hydrogen-bond acceptors (Lipinski definition) is 3. The number of nitrogens with zero attached hydrogens (tertiary/aromatic N) is 3. The number of rotatable bonds is 7. The summed E-state index contributed by atoms with van der Waals surface area (Å²) < 4.78 is 2.14. The van der Waals surface area contributed by atoms with Gasteiger partial charge >= 0.3 is 0 Å². The lowest BCUT2D eigenvalue weighted by Gasteiger charge is -2.14. The zero-order valence-corrected chi connectivity index (χ0v) is 26.6. The lowest BCUT2D eigenvalue weighted by Crippen LogP contribution is -1.97. The molecule has 226 valence electrons. The molecule has 5 aromatic carbocycles. The van der Waals surface area contributed by atoms with Gasteiger partial charge in [0.1, 0.15) is 11.6 Å². The number of fused-ring (bicyclic) bond motifs is 1. The van der Waals surface area contributed by atoms with Crippen LogP contribution in [-0.2, 0) is 0 Å². The molecule has 0 saturated carbocycles. The van der Waals surface area contributed by atoms with E-state index >= 15 is 0 Å². The molecule has 0 amide bonds. The molecule has 2 aromatic heterocycles. The molecule has 4 heteroatoms. The van der Waals surface area contributed by atoms with Gasteiger partial charge in [-0.25, -0.2) is 4.98 Å². The van der Waals surface area contributed by atoms with Gasteiger partial charge in [0.05, 0.1) is 22.3 Å². The summed E-state index contributed by atoms with van der Waals surface area (Å²) in [6.07, 6.45) is 1.91. The minimum absolute atomic E-state index is 0.199. The Bertz CT molecular complexity index is 2160. The molecule has 0 saturated heterocycles. The molecule has 46 heavy (non-hydrogen) atoms. The van der Waals surface area contributed by atoms with E-state index in [9.17, 15) is 5.11 Å². The Morgan fingerprint density at radius 3 is 2.00 bits per heavy atom. The van der Waals surface area contributed by atoms with Gasteiger partial charge in [0, 0.05) is 23.0 Å². The Hall–Kier alpha value is -5.48. The second-order valence-corrected chi connectivity index (χ2v) is 12.5. The number of aromatic nitrogens is 3. The summed E-state index contributed by atoms with van der Waals surface area (Å²) >= 11 is 0. The first-order valence-corrected chi connectivity index (χ1v) is 15.9. The van der Waals surface area contributed by atoms with E-state index in [2.05, 4.69) is 117 Å². The van der Waals surface area contributed by atoms with Gasteiger partial charge in [0.2, 0.25) is 0 Å². The molecule has 1 N–H and O–H groups in total. The molecule has 0 unspecified atom stereocenters. The van der Waals surface area contributed by atoms with Crippen LogP contribution in [0.3, 0.4) is 0 Å². The number of phenolic OH excluding ortho intramolecular Hbond substituents is 1. The summed E-state index contributed by atoms with van der Waals surface area (Å²) in [6, 6.07) is 43.8. The fourth-order valence-corrected chi connectivity index (χ4v) is 6.13. The number of para-hydroxylation sites is 3. The van der Waals surface area contributed by atoms with Crippen molar-refractivity contribution in [1.29, 1.82) is 0 Å². The van der Waals surface area contributed by atoms with Crippen LogP contribution < -0.4 is 0 Å². The van der Waals surface area contributed by atoms with Crippen molar-refractivity contribution in [3.05, 3.63) is 145 Å². The van der Waals surface area contributed by atoms with E-state index in [1.807, 2.05) is 42.6 Å². The molecule has 7 aromatic rings. The van der Waals surface area contributed by atoms with Crippen LogP contribution in [0.4, 0.5) is 0 Å². The highest BCUT2D eigenvalue weighted by Gasteiger charge is 2.20. The molecule has 0 aliphatic rings. The van der Waals surface area contributed by atoms with Crippen LogP contribution >= 0.6 is 0 Å². The highest BCUT2D eigenvalue weighted by Crippen LogP contribution is 2.39. The Kier molecular flexibility index (Phi) is 7.71. The largest absolute Gasteiger partial charge is 0.507 e. The Morgan fingerprint density at radius 1 is 0.565 bits per heavy atom. The van der Waals surface area contributed by atoms with Crippen LogP contribution in [0.15, 0.2) is 134 Å². The molecule has 0 aliphatic heterocycles. The minimum Gasteiger partial charge on any atom is -0.507 e. The van der Waals surface area contributed by atoms with E-state index in [1.54, 1.807) is 6.07 Å². The molecule has 0 spiro atoms. The van der Waals surface area contributed by atoms with Crippen LogP contribution in [-0.4, -0.2) is 19.6 Å². The number of hydrogen-bond donors (Lipinski definition) is 1.